The molecule has 3 aromatic rings. The number of halogens is 1. The van der Waals surface area contributed by atoms with E-state index in [0.29, 0.717) is 35.0 Å². The summed E-state index contributed by atoms with van der Waals surface area (Å²) < 4.78 is 16.4. The molecule has 1 aliphatic carbocycles. The Bertz CT molecular complexity index is 1520. The highest BCUT2D eigenvalue weighted by Crippen LogP contribution is 2.40. The molecule has 240 valence electrons. The number of nitrogens with zero attached hydrogens (tertiary/aromatic N) is 3. The molecule has 0 bridgehead atoms. The number of pyridine rings is 1. The Morgan fingerprint density at radius 2 is 1.84 bits per heavy atom. The molecule has 0 atom stereocenters. The number of carbonyl (C=O) groups is 2. The first-order valence-corrected chi connectivity index (χ1v) is 16.0. The van der Waals surface area contributed by atoms with Gasteiger partial charge in [0, 0.05) is 30.2 Å². The third-order valence-corrected chi connectivity index (χ3v) is 8.88. The molecule has 0 saturated heterocycles. The quantitative estimate of drug-likeness (QED) is 0.255. The molecule has 1 aliphatic heterocycles. The number of aromatic nitrogens is 1. The third-order valence-electron chi connectivity index (χ3n) is 8.65. The maximum Gasteiger partial charge on any atom is 0.319 e. The highest BCUT2D eigenvalue weighted by atomic mass is 35.5. The molecule has 45 heavy (non-hydrogen) atoms. The van der Waals surface area contributed by atoms with Gasteiger partial charge in [-0.05, 0) is 92.5 Å². The second kappa shape index (κ2) is 14.5. The maximum absolute atomic E-state index is 13.6. The fourth-order valence-electron chi connectivity index (χ4n) is 6.28. The van der Waals surface area contributed by atoms with Crippen LogP contribution in [0.2, 0.25) is 5.02 Å². The van der Waals surface area contributed by atoms with Crippen molar-refractivity contribution in [1.82, 2.24) is 10.3 Å². The van der Waals surface area contributed by atoms with Gasteiger partial charge in [-0.25, -0.2) is 4.98 Å². The predicted octanol–water partition coefficient (Wildman–Crippen LogP) is 6.04. The van der Waals surface area contributed by atoms with Gasteiger partial charge in [0.25, 0.3) is 0 Å². The number of nitrogens with one attached hydrogen (secondary N) is 1. The molecule has 0 radical (unpaired) electrons. The van der Waals surface area contributed by atoms with Gasteiger partial charge in [-0.3, -0.25) is 9.59 Å². The Morgan fingerprint density at radius 3 is 2.53 bits per heavy atom. The number of rotatable bonds is 11. The number of hydrogen-bond donors (Lipinski definition) is 1. The number of amides is 1. The van der Waals surface area contributed by atoms with E-state index in [-0.39, 0.29) is 30.9 Å². The first-order chi connectivity index (χ1) is 21.6. The number of methoxy groups -OCH3 is 2. The summed E-state index contributed by atoms with van der Waals surface area (Å²) in [5, 5.41) is 3.94. The molecule has 2 heterocycles. The maximum atomic E-state index is 13.6. The third kappa shape index (κ3) is 7.89. The molecular formula is C35H43ClN4O5. The van der Waals surface area contributed by atoms with E-state index in [1.54, 1.807) is 7.11 Å². The first kappa shape index (κ1) is 32.6. The number of esters is 1. The topological polar surface area (TPSA) is 93.2 Å². The Kier molecular flexibility index (Phi) is 10.5. The molecule has 0 spiro atoms. The van der Waals surface area contributed by atoms with E-state index in [1.165, 1.54) is 7.11 Å². The van der Waals surface area contributed by atoms with Gasteiger partial charge in [0.15, 0.2) is 11.5 Å². The second-order valence-electron chi connectivity index (χ2n) is 12.2. The number of ether oxygens (including phenoxy) is 3. The Labute approximate surface area is 270 Å². The molecule has 2 aromatic carbocycles. The van der Waals surface area contributed by atoms with Crippen LogP contribution in [0.1, 0.15) is 50.7 Å². The molecule has 1 aromatic heterocycles. The summed E-state index contributed by atoms with van der Waals surface area (Å²) in [6.07, 6.45) is 6.22. The van der Waals surface area contributed by atoms with Gasteiger partial charge in [0.05, 0.1) is 51.7 Å². The summed E-state index contributed by atoms with van der Waals surface area (Å²) in [5.41, 5.74) is 4.51. The average molecular weight is 635 g/mol. The summed E-state index contributed by atoms with van der Waals surface area (Å²) in [5.74, 6) is 2.40. The normalized spacial score (nSPS) is 18.0. The number of benzene rings is 2. The van der Waals surface area contributed by atoms with Crippen molar-refractivity contribution in [3.05, 3.63) is 64.8 Å². The molecule has 1 fully saturated rings. The van der Waals surface area contributed by atoms with Gasteiger partial charge in [-0.1, -0.05) is 23.7 Å². The fourth-order valence-corrected chi connectivity index (χ4v) is 6.47. The van der Waals surface area contributed by atoms with E-state index in [2.05, 4.69) is 23.3 Å². The highest BCUT2D eigenvalue weighted by Gasteiger charge is 2.29. The molecule has 2 aliphatic rings. The SMILES string of the molecule is COC(=O)CNC1CCC(CN(C)c2cc(-c3cccc(Cl)c3)c(N3Cc4cc(OC(C)C)c(OC)cc4CC3=O)cn2)CC1. The van der Waals surface area contributed by atoms with Crippen LogP contribution in [0.5, 0.6) is 11.5 Å². The van der Waals surface area contributed by atoms with Crippen molar-refractivity contribution in [2.24, 2.45) is 5.92 Å². The minimum Gasteiger partial charge on any atom is -0.493 e. The average Bonchev–Trinajstić information content (AvgIpc) is 3.03. The minimum absolute atomic E-state index is 0.00849. The molecule has 5 rings (SSSR count). The van der Waals surface area contributed by atoms with Gasteiger partial charge in [0.2, 0.25) is 5.91 Å². The lowest BCUT2D eigenvalue weighted by Gasteiger charge is -2.33. The summed E-state index contributed by atoms with van der Waals surface area (Å²) in [6.45, 7) is 5.46. The van der Waals surface area contributed by atoms with Crippen LogP contribution in [0.4, 0.5) is 11.5 Å². The van der Waals surface area contributed by atoms with Crippen molar-refractivity contribution < 1.29 is 23.8 Å². The van der Waals surface area contributed by atoms with Gasteiger partial charge in [-0.15, -0.1) is 0 Å². The molecular weight excluding hydrogens is 592 g/mol. The van der Waals surface area contributed by atoms with E-state index >= 15 is 0 Å². The number of fused-ring (bicyclic) bond motifs is 1. The van der Waals surface area contributed by atoms with Gasteiger partial charge in [-0.2, -0.15) is 0 Å². The summed E-state index contributed by atoms with van der Waals surface area (Å²) in [4.78, 5) is 34.0. The zero-order chi connectivity index (χ0) is 32.1. The van der Waals surface area contributed by atoms with Crippen LogP contribution in [0.25, 0.3) is 11.1 Å². The summed E-state index contributed by atoms with van der Waals surface area (Å²) >= 11 is 6.44. The lowest BCUT2D eigenvalue weighted by Crippen LogP contribution is -2.39. The monoisotopic (exact) mass is 634 g/mol. The summed E-state index contributed by atoms with van der Waals surface area (Å²) in [7, 11) is 5.09. The van der Waals surface area contributed by atoms with Crippen molar-refractivity contribution in [2.75, 3.05) is 44.2 Å². The van der Waals surface area contributed by atoms with Crippen molar-refractivity contribution in [2.45, 2.75) is 64.6 Å². The largest absolute Gasteiger partial charge is 0.493 e. The summed E-state index contributed by atoms with van der Waals surface area (Å²) in [6, 6.07) is 14.0. The number of carbonyl (C=O) groups excluding carboxylic acids is 2. The van der Waals surface area contributed by atoms with Crippen LogP contribution < -0.4 is 24.6 Å². The predicted molar refractivity (Wildman–Crippen MR) is 177 cm³/mol. The van der Waals surface area contributed by atoms with Gasteiger partial charge in [0.1, 0.15) is 5.82 Å². The zero-order valence-electron chi connectivity index (χ0n) is 26.8. The van der Waals surface area contributed by atoms with E-state index < -0.39 is 0 Å². The lowest BCUT2D eigenvalue weighted by atomic mass is 9.85. The van der Waals surface area contributed by atoms with Crippen molar-refractivity contribution in [3.63, 3.8) is 0 Å². The van der Waals surface area contributed by atoms with E-state index in [9.17, 15) is 9.59 Å². The van der Waals surface area contributed by atoms with Crippen LogP contribution in [-0.2, 0) is 27.3 Å². The Hall–Kier alpha value is -3.82. The highest BCUT2D eigenvalue weighted by molar-refractivity contribution is 6.30. The van der Waals surface area contributed by atoms with Crippen molar-refractivity contribution >= 4 is 35.0 Å². The van der Waals surface area contributed by atoms with Gasteiger partial charge >= 0.3 is 5.97 Å². The second-order valence-corrected chi connectivity index (χ2v) is 12.7. The molecule has 9 nitrogen and oxygen atoms in total. The molecule has 0 unspecified atom stereocenters. The van der Waals surface area contributed by atoms with E-state index in [0.717, 1.165) is 66.0 Å². The number of anilines is 2. The fraction of sp³-hybridized carbons (Fsp3) is 0.457. The molecule has 1 N–H and O–H groups in total. The zero-order valence-corrected chi connectivity index (χ0v) is 27.5. The Balaban J connectivity index is 1.38. The first-order valence-electron chi connectivity index (χ1n) is 15.6. The van der Waals surface area contributed by atoms with E-state index in [1.807, 2.05) is 61.3 Å². The van der Waals surface area contributed by atoms with Crippen LogP contribution in [0.15, 0.2) is 48.7 Å². The smallest absolute Gasteiger partial charge is 0.319 e. The van der Waals surface area contributed by atoms with Crippen LogP contribution in [0.3, 0.4) is 0 Å². The van der Waals surface area contributed by atoms with Gasteiger partial charge < -0.3 is 29.3 Å². The molecule has 1 amide bonds. The molecule has 10 heteroatoms. The van der Waals surface area contributed by atoms with Crippen LogP contribution >= 0.6 is 11.6 Å². The lowest BCUT2D eigenvalue weighted by molar-refractivity contribution is -0.139. The number of hydrogen-bond acceptors (Lipinski definition) is 8. The Morgan fingerprint density at radius 1 is 1.09 bits per heavy atom. The van der Waals surface area contributed by atoms with Crippen molar-refractivity contribution in [1.29, 1.82) is 0 Å². The standard InChI is InChI=1S/C35H43ClN4O5/c1-22(2)45-32-15-26-21-40(34(41)16-25(26)14-31(32)43-4)30-18-38-33(17-29(30)24-7-6-8-27(36)13-24)39(3)20-23-9-11-28(12-10-23)37-19-35(42)44-5/h6-8,13-15,17-18,22-23,28,37H,9-12,16,19-21H2,1-5H3. The van der Waals surface area contributed by atoms with Crippen molar-refractivity contribution in [3.8, 4) is 22.6 Å². The minimum atomic E-state index is -0.234. The van der Waals surface area contributed by atoms with E-state index in [4.69, 9.17) is 30.8 Å². The van der Waals surface area contributed by atoms with Crippen LogP contribution in [0, 0.1) is 5.92 Å². The molecule has 1 saturated carbocycles. The van der Waals surface area contributed by atoms with Crippen LogP contribution in [-0.4, -0.2) is 63.4 Å².